The second-order valence-electron chi connectivity index (χ2n) is 9.77. The number of alkyl halides is 3. The molecule has 0 fully saturated rings. The van der Waals surface area contributed by atoms with E-state index in [1.54, 1.807) is 6.07 Å². The van der Waals surface area contributed by atoms with Crippen molar-refractivity contribution >= 4 is 17.7 Å². The first-order chi connectivity index (χ1) is 17.1. The average Bonchev–Trinajstić information content (AvgIpc) is 2.82. The van der Waals surface area contributed by atoms with Gasteiger partial charge in [0.2, 0.25) is 5.91 Å². The highest BCUT2D eigenvalue weighted by Gasteiger charge is 2.40. The summed E-state index contributed by atoms with van der Waals surface area (Å²) in [7, 11) is 0. The van der Waals surface area contributed by atoms with Gasteiger partial charge in [0.25, 0.3) is 0 Å². The summed E-state index contributed by atoms with van der Waals surface area (Å²) in [6, 6.07) is 4.88. The molecule has 0 aliphatic rings. The monoisotopic (exact) mass is 528 g/mol. The zero-order chi connectivity index (χ0) is 27.0. The Labute approximate surface area is 219 Å². The number of benzene rings is 1. The van der Waals surface area contributed by atoms with Crippen LogP contribution in [0.4, 0.5) is 13.2 Å². The molecular formula is C28H43F3N2O2S. The van der Waals surface area contributed by atoms with E-state index in [0.29, 0.717) is 12.8 Å². The van der Waals surface area contributed by atoms with Crippen LogP contribution in [0.1, 0.15) is 120 Å². The second kappa shape index (κ2) is 16.9. The topological polar surface area (TPSA) is 87.1 Å². The highest BCUT2D eigenvalue weighted by molar-refractivity contribution is 7.99. The molecule has 2 atom stereocenters. The predicted octanol–water partition coefficient (Wildman–Crippen LogP) is 7.72. The van der Waals surface area contributed by atoms with Gasteiger partial charge in [-0.3, -0.25) is 4.79 Å². The number of carbonyl (C=O) groups is 1. The molecule has 204 valence electrons. The maximum absolute atomic E-state index is 13.4. The van der Waals surface area contributed by atoms with Gasteiger partial charge in [0.05, 0.1) is 17.2 Å². The lowest BCUT2D eigenvalue weighted by Crippen LogP contribution is -2.46. The number of amides is 1. The van der Waals surface area contributed by atoms with Crippen LogP contribution in [0.25, 0.3) is 0 Å². The molecule has 2 unspecified atom stereocenters. The fraction of sp³-hybridized carbons (Fsp3) is 0.714. The second-order valence-corrected chi connectivity index (χ2v) is 11.0. The normalized spacial score (nSPS) is 14.2. The number of thioether (sulfide) groups is 1. The Bertz CT molecular complexity index is 822. The van der Waals surface area contributed by atoms with E-state index in [1.807, 2.05) is 0 Å². The number of nitrogens with two attached hydrogens (primary N) is 1. The number of unbranched alkanes of at least 4 members (excludes halogenated alkanes) is 10. The Kier molecular flexibility index (Phi) is 15.2. The third-order valence-corrected chi connectivity index (χ3v) is 7.88. The summed E-state index contributed by atoms with van der Waals surface area (Å²) in [4.78, 5) is 11.9. The molecule has 0 saturated carbocycles. The minimum atomic E-state index is -4.71. The van der Waals surface area contributed by atoms with Crippen LogP contribution in [0.15, 0.2) is 18.2 Å². The third-order valence-electron chi connectivity index (χ3n) is 6.72. The Morgan fingerprint density at radius 1 is 1.00 bits per heavy atom. The summed E-state index contributed by atoms with van der Waals surface area (Å²) in [5.41, 5.74) is 1.99. The number of hydrogen-bond donors (Lipinski definition) is 2. The molecule has 1 amide bonds. The summed E-state index contributed by atoms with van der Waals surface area (Å²) < 4.78 is 40.3. The summed E-state index contributed by atoms with van der Waals surface area (Å²) in [6.07, 6.45) is 9.37. The van der Waals surface area contributed by atoms with Crippen LogP contribution < -0.4 is 5.73 Å². The van der Waals surface area contributed by atoms with Crippen molar-refractivity contribution in [1.82, 2.24) is 0 Å². The van der Waals surface area contributed by atoms with Gasteiger partial charge in [-0.15, -0.1) is 0 Å². The summed E-state index contributed by atoms with van der Waals surface area (Å²) in [5.74, 6) is 0.635. The van der Waals surface area contributed by atoms with Gasteiger partial charge in [0.15, 0.2) is 0 Å². The Morgan fingerprint density at radius 3 is 2.03 bits per heavy atom. The van der Waals surface area contributed by atoms with E-state index in [2.05, 4.69) is 18.7 Å². The van der Waals surface area contributed by atoms with Crippen LogP contribution in [0.5, 0.6) is 0 Å². The molecule has 0 radical (unpaired) electrons. The maximum atomic E-state index is 13.4. The molecule has 8 heteroatoms. The predicted molar refractivity (Wildman–Crippen MR) is 142 cm³/mol. The molecule has 1 aromatic carbocycles. The van der Waals surface area contributed by atoms with Crippen molar-refractivity contribution in [2.75, 3.05) is 11.5 Å². The Morgan fingerprint density at radius 2 is 1.53 bits per heavy atom. The zero-order valence-corrected chi connectivity index (χ0v) is 22.7. The number of rotatable bonds is 19. The zero-order valence-electron chi connectivity index (χ0n) is 21.8. The smallest absolute Gasteiger partial charge is 0.380 e. The number of aliphatic hydroxyl groups is 1. The van der Waals surface area contributed by atoms with Crippen LogP contribution in [-0.2, 0) is 11.0 Å². The van der Waals surface area contributed by atoms with Crippen LogP contribution in [0.3, 0.4) is 0 Å². The van der Waals surface area contributed by atoms with Crippen molar-refractivity contribution in [3.63, 3.8) is 0 Å². The molecule has 1 aromatic rings. The van der Waals surface area contributed by atoms with Gasteiger partial charge in [-0.2, -0.15) is 30.2 Å². The minimum absolute atomic E-state index is 0.161. The van der Waals surface area contributed by atoms with E-state index >= 15 is 0 Å². The van der Waals surface area contributed by atoms with E-state index in [4.69, 9.17) is 11.0 Å². The molecule has 0 aromatic heterocycles. The minimum Gasteiger partial charge on any atom is -0.380 e. The van der Waals surface area contributed by atoms with Crippen molar-refractivity contribution in [2.24, 2.45) is 5.73 Å². The molecular weight excluding hydrogens is 485 g/mol. The lowest BCUT2D eigenvalue weighted by Gasteiger charge is -2.31. The molecule has 0 bridgehead atoms. The van der Waals surface area contributed by atoms with Gasteiger partial charge in [-0.05, 0) is 55.4 Å². The van der Waals surface area contributed by atoms with Crippen molar-refractivity contribution in [3.05, 3.63) is 34.9 Å². The summed E-state index contributed by atoms with van der Waals surface area (Å²) in [5, 5.41) is 19.8. The van der Waals surface area contributed by atoms with Crippen molar-refractivity contribution in [2.45, 2.75) is 115 Å². The van der Waals surface area contributed by atoms with Gasteiger partial charge in [-0.1, -0.05) is 77.2 Å². The molecule has 0 aliphatic heterocycles. The first kappa shape index (κ1) is 32.3. The van der Waals surface area contributed by atoms with Crippen molar-refractivity contribution in [3.8, 4) is 6.07 Å². The van der Waals surface area contributed by atoms with E-state index in [1.165, 1.54) is 69.4 Å². The largest absolute Gasteiger partial charge is 0.417 e. The number of halogens is 3. The van der Waals surface area contributed by atoms with Crippen molar-refractivity contribution in [1.29, 1.82) is 5.26 Å². The van der Waals surface area contributed by atoms with Crippen molar-refractivity contribution < 1.29 is 23.1 Å². The van der Waals surface area contributed by atoms with E-state index in [-0.39, 0.29) is 5.56 Å². The lowest BCUT2D eigenvalue weighted by atomic mass is 9.78. The van der Waals surface area contributed by atoms with E-state index < -0.39 is 34.7 Å². The first-order valence-corrected chi connectivity index (χ1v) is 14.4. The third kappa shape index (κ3) is 11.6. The molecule has 1 rings (SSSR count). The summed E-state index contributed by atoms with van der Waals surface area (Å²) >= 11 is 2.06. The molecule has 3 N–H and O–H groups in total. The van der Waals surface area contributed by atoms with E-state index in [0.717, 1.165) is 37.8 Å². The van der Waals surface area contributed by atoms with Gasteiger partial charge in [-0.25, -0.2) is 0 Å². The molecule has 0 aliphatic carbocycles. The van der Waals surface area contributed by atoms with Gasteiger partial charge in [0.1, 0.15) is 5.60 Å². The van der Waals surface area contributed by atoms with Crippen LogP contribution in [0.2, 0.25) is 0 Å². The maximum Gasteiger partial charge on any atom is 0.417 e. The van der Waals surface area contributed by atoms with Crippen LogP contribution in [-0.4, -0.2) is 28.1 Å². The van der Waals surface area contributed by atoms with E-state index in [9.17, 15) is 23.1 Å². The quantitative estimate of drug-likeness (QED) is 0.180. The molecule has 4 nitrogen and oxygen atoms in total. The van der Waals surface area contributed by atoms with Gasteiger partial charge >= 0.3 is 6.18 Å². The number of primary amides is 1. The number of nitriles is 1. The van der Waals surface area contributed by atoms with Gasteiger partial charge in [0, 0.05) is 5.92 Å². The van der Waals surface area contributed by atoms with Crippen LogP contribution >= 0.6 is 11.8 Å². The lowest BCUT2D eigenvalue weighted by molar-refractivity contribution is -0.138. The summed E-state index contributed by atoms with van der Waals surface area (Å²) in [6.45, 7) is 3.47. The molecule has 0 heterocycles. The fourth-order valence-electron chi connectivity index (χ4n) is 4.40. The average molecular weight is 529 g/mol. The Hall–Kier alpha value is -1.72. The number of carbonyl (C=O) groups excluding carboxylic acids is 1. The molecule has 0 saturated heterocycles. The molecule has 0 spiro atoms. The first-order valence-electron chi connectivity index (χ1n) is 13.3. The van der Waals surface area contributed by atoms with Gasteiger partial charge < -0.3 is 10.8 Å². The highest BCUT2D eigenvalue weighted by Crippen LogP contribution is 2.38. The highest BCUT2D eigenvalue weighted by atomic mass is 32.2. The van der Waals surface area contributed by atoms with Crippen LogP contribution in [0, 0.1) is 11.3 Å². The standard InChI is InChI=1S/C28H43F3N2O2S/c1-3-4-5-13-18-36-19-14-11-9-7-6-8-10-12-15-24(27(2,35)26(33)34)22-16-17-23(21-32)25(20-22)28(29,30)31/h16-17,20,24,35H,3-15,18-19H2,1-2H3,(H2,33,34). The SMILES string of the molecule is CCCCCCSCCCCCCCCCCC(c1ccc(C#N)c(C(F)(F)F)c1)C(C)(O)C(N)=O. The number of nitrogens with zero attached hydrogens (tertiary/aromatic N) is 1. The fourth-order valence-corrected chi connectivity index (χ4v) is 5.42. The Balaban J connectivity index is 2.46. The number of hydrogen-bond acceptors (Lipinski definition) is 4. The molecule has 36 heavy (non-hydrogen) atoms.